The first-order valence-electron chi connectivity index (χ1n) is 7.48. The van der Waals surface area contributed by atoms with Crippen LogP contribution in [0.2, 0.25) is 0 Å². The number of aromatic nitrogens is 4. The molecule has 0 aromatic carbocycles. The van der Waals surface area contributed by atoms with Crippen molar-refractivity contribution in [3.8, 4) is 0 Å². The van der Waals surface area contributed by atoms with E-state index in [1.165, 1.54) is 6.39 Å². The normalized spacial score (nSPS) is 16.1. The summed E-state index contributed by atoms with van der Waals surface area (Å²) in [6, 6.07) is 4.59. The lowest BCUT2D eigenvalue weighted by atomic mass is 9.92. The van der Waals surface area contributed by atoms with E-state index in [1.807, 2.05) is 0 Å². The molecule has 0 radical (unpaired) electrons. The third-order valence-corrected chi connectivity index (χ3v) is 4.02. The van der Waals surface area contributed by atoms with E-state index in [0.29, 0.717) is 18.5 Å². The Morgan fingerprint density at radius 2 is 2.00 bits per heavy atom. The van der Waals surface area contributed by atoms with Gasteiger partial charge in [-0.25, -0.2) is 0 Å². The number of nitrogens with zero attached hydrogens (tertiary/aromatic N) is 6. The first-order valence-corrected chi connectivity index (χ1v) is 7.48. The summed E-state index contributed by atoms with van der Waals surface area (Å²) in [6.45, 7) is 8.98. The van der Waals surface area contributed by atoms with E-state index in [-0.39, 0.29) is 5.41 Å². The van der Waals surface area contributed by atoms with Gasteiger partial charge in [-0.2, -0.15) is 5.10 Å². The van der Waals surface area contributed by atoms with E-state index in [4.69, 9.17) is 4.42 Å². The average Bonchev–Trinajstić information content (AvgIpc) is 2.89. The van der Waals surface area contributed by atoms with Crippen molar-refractivity contribution in [3.63, 3.8) is 0 Å². The minimum Gasteiger partial charge on any atom is -0.427 e. The van der Waals surface area contributed by atoms with Crippen molar-refractivity contribution >= 4 is 5.82 Å². The molecule has 2 aromatic heterocycles. The SMILES string of the molecule is CN(Cc1nnco1)C1CN(c2ccc(C(C)(C)C)nn2)C1. The summed E-state index contributed by atoms with van der Waals surface area (Å²) >= 11 is 0. The van der Waals surface area contributed by atoms with Gasteiger partial charge in [-0.3, -0.25) is 4.90 Å². The minimum absolute atomic E-state index is 0.0350. The van der Waals surface area contributed by atoms with Crippen molar-refractivity contribution in [2.24, 2.45) is 0 Å². The first kappa shape index (κ1) is 14.9. The number of hydrogen-bond acceptors (Lipinski definition) is 7. The zero-order chi connectivity index (χ0) is 15.7. The van der Waals surface area contributed by atoms with E-state index in [1.54, 1.807) is 0 Å². The summed E-state index contributed by atoms with van der Waals surface area (Å²) in [5.41, 5.74) is 1.05. The van der Waals surface area contributed by atoms with Crippen molar-refractivity contribution in [2.75, 3.05) is 25.0 Å². The van der Waals surface area contributed by atoms with Crippen LogP contribution >= 0.6 is 0 Å². The third-order valence-electron chi connectivity index (χ3n) is 4.02. The fourth-order valence-corrected chi connectivity index (χ4v) is 2.42. The maximum absolute atomic E-state index is 5.18. The van der Waals surface area contributed by atoms with Crippen LogP contribution in [0.25, 0.3) is 0 Å². The third kappa shape index (κ3) is 3.09. The molecule has 118 valence electrons. The Balaban J connectivity index is 1.54. The van der Waals surface area contributed by atoms with Gasteiger partial charge < -0.3 is 9.32 Å². The van der Waals surface area contributed by atoms with Gasteiger partial charge >= 0.3 is 0 Å². The van der Waals surface area contributed by atoms with E-state index in [2.05, 4.69) is 70.1 Å². The van der Waals surface area contributed by atoms with Gasteiger partial charge in [0.15, 0.2) is 5.82 Å². The lowest BCUT2D eigenvalue weighted by molar-refractivity contribution is 0.180. The number of hydrogen-bond donors (Lipinski definition) is 0. The Morgan fingerprint density at radius 3 is 2.55 bits per heavy atom. The van der Waals surface area contributed by atoms with Gasteiger partial charge in [0, 0.05) is 24.5 Å². The predicted molar refractivity (Wildman–Crippen MR) is 82.5 cm³/mol. The number of rotatable bonds is 4. The van der Waals surface area contributed by atoms with Crippen molar-refractivity contribution in [1.82, 2.24) is 25.3 Å². The second-order valence-corrected chi connectivity index (χ2v) is 6.83. The van der Waals surface area contributed by atoms with Crippen LogP contribution in [0, 0.1) is 0 Å². The molecular weight excluding hydrogens is 280 g/mol. The summed E-state index contributed by atoms with van der Waals surface area (Å²) in [5.74, 6) is 1.59. The monoisotopic (exact) mass is 302 g/mol. The average molecular weight is 302 g/mol. The van der Waals surface area contributed by atoms with Crippen molar-refractivity contribution in [2.45, 2.75) is 38.8 Å². The van der Waals surface area contributed by atoms with Crippen LogP contribution in [0.5, 0.6) is 0 Å². The summed E-state index contributed by atoms with van der Waals surface area (Å²) in [6.07, 6.45) is 1.36. The van der Waals surface area contributed by atoms with Gasteiger partial charge in [-0.05, 0) is 19.2 Å². The van der Waals surface area contributed by atoms with E-state index in [0.717, 1.165) is 24.6 Å². The minimum atomic E-state index is 0.0350. The number of likely N-dealkylation sites (N-methyl/N-ethyl adjacent to an activating group) is 1. The summed E-state index contributed by atoms with van der Waals surface area (Å²) in [5, 5.41) is 16.3. The lowest BCUT2D eigenvalue weighted by Crippen LogP contribution is -2.58. The molecule has 0 spiro atoms. The highest BCUT2D eigenvalue weighted by molar-refractivity contribution is 5.42. The first-order chi connectivity index (χ1) is 10.4. The Morgan fingerprint density at radius 1 is 1.23 bits per heavy atom. The second-order valence-electron chi connectivity index (χ2n) is 6.83. The maximum atomic E-state index is 5.18. The van der Waals surface area contributed by atoms with E-state index >= 15 is 0 Å². The highest BCUT2D eigenvalue weighted by atomic mass is 16.4. The highest BCUT2D eigenvalue weighted by Gasteiger charge is 2.31. The van der Waals surface area contributed by atoms with Gasteiger partial charge in [0.2, 0.25) is 12.3 Å². The molecule has 1 saturated heterocycles. The van der Waals surface area contributed by atoms with E-state index in [9.17, 15) is 0 Å². The second kappa shape index (κ2) is 5.64. The van der Waals surface area contributed by atoms with Gasteiger partial charge in [0.25, 0.3) is 0 Å². The molecule has 0 bridgehead atoms. The Labute approximate surface area is 130 Å². The maximum Gasteiger partial charge on any atom is 0.230 e. The zero-order valence-electron chi connectivity index (χ0n) is 13.5. The smallest absolute Gasteiger partial charge is 0.230 e. The van der Waals surface area contributed by atoms with Crippen molar-refractivity contribution in [1.29, 1.82) is 0 Å². The Kier molecular flexibility index (Phi) is 3.82. The summed E-state index contributed by atoms with van der Waals surface area (Å²) in [7, 11) is 2.07. The van der Waals surface area contributed by atoms with Crippen molar-refractivity contribution < 1.29 is 4.42 Å². The highest BCUT2D eigenvalue weighted by Crippen LogP contribution is 2.24. The topological polar surface area (TPSA) is 71.2 Å². The van der Waals surface area contributed by atoms with Crippen LogP contribution in [-0.4, -0.2) is 51.5 Å². The van der Waals surface area contributed by atoms with Gasteiger partial charge in [0.1, 0.15) is 0 Å². The molecule has 0 unspecified atom stereocenters. The zero-order valence-corrected chi connectivity index (χ0v) is 13.5. The fraction of sp³-hybridized carbons (Fsp3) is 0.600. The Bertz CT molecular complexity index is 598. The molecule has 7 heteroatoms. The quantitative estimate of drug-likeness (QED) is 0.847. The molecule has 7 nitrogen and oxygen atoms in total. The van der Waals surface area contributed by atoms with Gasteiger partial charge in [0.05, 0.1) is 12.2 Å². The largest absolute Gasteiger partial charge is 0.427 e. The molecular formula is C15H22N6O. The number of anilines is 1. The van der Waals surface area contributed by atoms with Crippen LogP contribution in [0.3, 0.4) is 0 Å². The van der Waals surface area contributed by atoms with Crippen LogP contribution in [0.4, 0.5) is 5.82 Å². The molecule has 1 aliphatic heterocycles. The van der Waals surface area contributed by atoms with Crippen molar-refractivity contribution in [3.05, 3.63) is 30.1 Å². The summed E-state index contributed by atoms with van der Waals surface area (Å²) < 4.78 is 5.18. The van der Waals surface area contributed by atoms with E-state index < -0.39 is 0 Å². The molecule has 3 rings (SSSR count). The van der Waals surface area contributed by atoms with Gasteiger partial charge in [-0.15, -0.1) is 15.3 Å². The van der Waals surface area contributed by atoms with Crippen LogP contribution in [0.15, 0.2) is 22.9 Å². The standard InChI is InChI=1S/C15H22N6O/c1-15(2,3)12-5-6-13(18-17-12)21-7-11(8-21)20(4)9-14-19-16-10-22-14/h5-6,10-11H,7-9H2,1-4H3. The molecule has 0 amide bonds. The van der Waals surface area contributed by atoms with Crippen LogP contribution in [-0.2, 0) is 12.0 Å². The molecule has 0 saturated carbocycles. The molecule has 1 fully saturated rings. The lowest BCUT2D eigenvalue weighted by Gasteiger charge is -2.44. The Hall–Kier alpha value is -2.02. The molecule has 3 heterocycles. The van der Waals surface area contributed by atoms with Gasteiger partial charge in [-0.1, -0.05) is 20.8 Å². The molecule has 0 N–H and O–H groups in total. The van der Waals surface area contributed by atoms with Crippen LogP contribution in [0.1, 0.15) is 32.4 Å². The molecule has 1 aliphatic rings. The molecule has 22 heavy (non-hydrogen) atoms. The predicted octanol–water partition coefficient (Wildman–Crippen LogP) is 1.48. The molecule has 2 aromatic rings. The molecule has 0 aliphatic carbocycles. The van der Waals surface area contributed by atoms with Crippen LogP contribution < -0.4 is 4.90 Å². The molecule has 0 atom stereocenters. The fourth-order valence-electron chi connectivity index (χ4n) is 2.42. The summed E-state index contributed by atoms with van der Waals surface area (Å²) in [4.78, 5) is 4.45.